The maximum atomic E-state index is 13.4. The predicted octanol–water partition coefficient (Wildman–Crippen LogP) is 5.34. The number of hydrogen-bond acceptors (Lipinski definition) is 6. The van der Waals surface area contributed by atoms with E-state index in [4.69, 9.17) is 4.99 Å². The van der Waals surface area contributed by atoms with Crippen molar-refractivity contribution >= 4 is 27.2 Å². The number of rotatable bonds is 7. The highest BCUT2D eigenvalue weighted by Gasteiger charge is 2.23. The van der Waals surface area contributed by atoms with Crippen LogP contribution in [0.4, 0.5) is 5.69 Å². The van der Waals surface area contributed by atoms with E-state index in [-0.39, 0.29) is 22.7 Å². The number of aromatic nitrogens is 2. The van der Waals surface area contributed by atoms with Gasteiger partial charge in [-0.25, -0.2) is 4.99 Å². The van der Waals surface area contributed by atoms with Gasteiger partial charge in [-0.1, -0.05) is 74.9 Å². The highest BCUT2D eigenvalue weighted by molar-refractivity contribution is 7.90. The average Bonchev–Trinajstić information content (AvgIpc) is 3.26. The third kappa shape index (κ3) is 6.15. The molecule has 2 aliphatic rings. The molecule has 1 heterocycles. The molecule has 2 aliphatic carbocycles. The van der Waals surface area contributed by atoms with Gasteiger partial charge >= 0.3 is 0 Å². The van der Waals surface area contributed by atoms with Gasteiger partial charge in [0.25, 0.3) is 15.7 Å². The number of nitro benzene ring substituents is 1. The Morgan fingerprint density at radius 2 is 1.61 bits per heavy atom. The van der Waals surface area contributed by atoms with E-state index in [0.717, 1.165) is 68.6 Å². The van der Waals surface area contributed by atoms with Crippen molar-refractivity contribution < 1.29 is 13.3 Å². The summed E-state index contributed by atoms with van der Waals surface area (Å²) in [6, 6.07) is 15.4. The number of nitro groups is 1. The van der Waals surface area contributed by atoms with Gasteiger partial charge in [0.05, 0.1) is 22.4 Å². The number of sulfonamides is 1. The Labute approximate surface area is 226 Å². The average molecular weight is 556 g/mol. The van der Waals surface area contributed by atoms with Crippen LogP contribution in [0.25, 0.3) is 0 Å². The van der Waals surface area contributed by atoms with Gasteiger partial charge in [0.2, 0.25) is 10.4 Å². The molecule has 0 bridgehead atoms. The summed E-state index contributed by atoms with van der Waals surface area (Å²) in [7, 11) is -4.20. The Bertz CT molecular complexity index is 1510. The van der Waals surface area contributed by atoms with Crippen molar-refractivity contribution in [3.05, 3.63) is 80.7 Å². The van der Waals surface area contributed by atoms with Gasteiger partial charge < -0.3 is 0 Å². The highest BCUT2D eigenvalue weighted by Crippen LogP contribution is 2.28. The third-order valence-corrected chi connectivity index (χ3v) is 9.85. The number of hydrogen-bond donors (Lipinski definition) is 0. The first-order valence-electron chi connectivity index (χ1n) is 13.4. The lowest BCUT2D eigenvalue weighted by Crippen LogP contribution is -2.35. The first kappa shape index (κ1) is 26.6. The normalized spacial score (nSPS) is 18.6. The first-order valence-corrected chi connectivity index (χ1v) is 15.6. The molecule has 202 valence electrons. The monoisotopic (exact) mass is 555 g/mol. The Kier molecular flexibility index (Phi) is 8.23. The first-order chi connectivity index (χ1) is 18.4. The van der Waals surface area contributed by atoms with Crippen LogP contribution in [0.1, 0.15) is 75.8 Å². The molecule has 2 aromatic carbocycles. The molecule has 3 aromatic rings. The fourth-order valence-corrected chi connectivity index (χ4v) is 7.68. The lowest BCUT2D eigenvalue weighted by atomic mass is 9.96. The van der Waals surface area contributed by atoms with Crippen molar-refractivity contribution in [3.63, 3.8) is 0 Å². The van der Waals surface area contributed by atoms with E-state index in [0.29, 0.717) is 11.3 Å². The molecule has 9 nitrogen and oxygen atoms in total. The summed E-state index contributed by atoms with van der Waals surface area (Å²) in [5, 5.41) is 11.3. The molecule has 0 N–H and O–H groups in total. The minimum Gasteiger partial charge on any atom is -0.281 e. The van der Waals surface area contributed by atoms with Crippen molar-refractivity contribution in [2.75, 3.05) is 0 Å². The second-order valence-corrected chi connectivity index (χ2v) is 12.7. The van der Waals surface area contributed by atoms with Crippen LogP contribution in [-0.4, -0.2) is 27.9 Å². The smallest absolute Gasteiger partial charge is 0.281 e. The van der Waals surface area contributed by atoms with Crippen LogP contribution in [0.5, 0.6) is 0 Å². The van der Waals surface area contributed by atoms with Gasteiger partial charge in [-0.15, -0.1) is 4.40 Å². The van der Waals surface area contributed by atoms with E-state index in [9.17, 15) is 18.5 Å². The number of benzene rings is 2. The molecule has 0 radical (unpaired) electrons. The van der Waals surface area contributed by atoms with E-state index in [1.165, 1.54) is 42.6 Å². The lowest BCUT2D eigenvalue weighted by Gasteiger charge is -2.23. The quantitative estimate of drug-likeness (QED) is 0.289. The maximum absolute atomic E-state index is 13.4. The second-order valence-electron chi connectivity index (χ2n) is 10.1. The summed E-state index contributed by atoms with van der Waals surface area (Å²) < 4.78 is 35.3. The molecule has 0 spiro atoms. The van der Waals surface area contributed by atoms with Crippen molar-refractivity contribution in [3.8, 4) is 0 Å². The minimum absolute atomic E-state index is 0.193. The summed E-state index contributed by atoms with van der Waals surface area (Å²) in [6.07, 6.45) is 11.1. The van der Waals surface area contributed by atoms with E-state index in [1.807, 2.05) is 34.9 Å². The van der Waals surface area contributed by atoms with Crippen molar-refractivity contribution in [1.82, 2.24) is 8.52 Å². The van der Waals surface area contributed by atoms with E-state index < -0.39 is 14.9 Å². The third-order valence-electron chi connectivity index (χ3n) is 7.34. The highest BCUT2D eigenvalue weighted by atomic mass is 32.2. The van der Waals surface area contributed by atoms with E-state index >= 15 is 0 Å². The predicted molar refractivity (Wildman–Crippen MR) is 146 cm³/mol. The molecular formula is C27H33N5O4S2. The molecular weight excluding hydrogens is 522 g/mol. The van der Waals surface area contributed by atoms with Gasteiger partial charge in [-0.05, 0) is 48.8 Å². The molecule has 0 amide bonds. The van der Waals surface area contributed by atoms with Crippen LogP contribution in [0.2, 0.25) is 0 Å². The Morgan fingerprint density at radius 1 is 0.921 bits per heavy atom. The van der Waals surface area contributed by atoms with Gasteiger partial charge in [0, 0.05) is 18.2 Å². The summed E-state index contributed by atoms with van der Waals surface area (Å²) in [6.45, 7) is 0.436. The Morgan fingerprint density at radius 3 is 2.29 bits per heavy atom. The molecule has 0 atom stereocenters. The van der Waals surface area contributed by atoms with Crippen molar-refractivity contribution in [2.45, 2.75) is 87.7 Å². The zero-order valence-corrected chi connectivity index (χ0v) is 22.9. The molecule has 11 heteroatoms. The summed E-state index contributed by atoms with van der Waals surface area (Å²) >= 11 is 1.34. The molecule has 1 aromatic heterocycles. The largest absolute Gasteiger partial charge is 0.285 e. The van der Waals surface area contributed by atoms with Crippen LogP contribution in [0, 0.1) is 10.1 Å². The Hall–Kier alpha value is -3.05. The summed E-state index contributed by atoms with van der Waals surface area (Å²) in [5.74, 6) is 0. The summed E-state index contributed by atoms with van der Waals surface area (Å²) in [4.78, 5) is 16.1. The zero-order chi connectivity index (χ0) is 26.5. The van der Waals surface area contributed by atoms with Gasteiger partial charge in [-0.2, -0.15) is 8.42 Å². The van der Waals surface area contributed by atoms with Crippen LogP contribution in [0.3, 0.4) is 0 Å². The second kappa shape index (κ2) is 11.8. The SMILES string of the molecule is O=[N+]([O-])c1cccc(S(=O)(=O)/N=c2\sn(C3CCCCC3)c(=NC3CCCCC3)n2Cc2ccccc2)c1. The molecule has 38 heavy (non-hydrogen) atoms. The van der Waals surface area contributed by atoms with Crippen LogP contribution < -0.4 is 10.4 Å². The molecule has 5 rings (SSSR count). The minimum atomic E-state index is -4.20. The topological polar surface area (TPSA) is 112 Å². The zero-order valence-electron chi connectivity index (χ0n) is 21.3. The lowest BCUT2D eigenvalue weighted by molar-refractivity contribution is -0.385. The Balaban J connectivity index is 1.71. The maximum Gasteiger partial charge on any atom is 0.285 e. The van der Waals surface area contributed by atoms with E-state index in [2.05, 4.69) is 8.35 Å². The van der Waals surface area contributed by atoms with E-state index in [1.54, 1.807) is 0 Å². The summed E-state index contributed by atoms with van der Waals surface area (Å²) in [5.41, 5.74) is 1.52. The van der Waals surface area contributed by atoms with Crippen molar-refractivity contribution in [2.24, 2.45) is 9.39 Å². The molecule has 0 saturated heterocycles. The standard InChI is InChI=1S/C27H33N5O4S2/c33-32(34)24-17-10-18-25(19-24)38(35,36)29-27-30(20-21-11-4-1-5-12-21)26(28-22-13-6-2-7-14-22)31(37-27)23-15-8-3-9-16-23/h1,4-5,10-12,17-19,22-23H,2-3,6-9,13-16,20H2/b28-26?,29-27-. The number of non-ortho nitro benzene ring substituents is 1. The van der Waals surface area contributed by atoms with Gasteiger partial charge in [-0.3, -0.25) is 18.6 Å². The number of nitrogens with zero attached hydrogens (tertiary/aromatic N) is 5. The van der Waals surface area contributed by atoms with Gasteiger partial charge in [0.15, 0.2) is 0 Å². The van der Waals surface area contributed by atoms with Gasteiger partial charge in [0.1, 0.15) is 0 Å². The van der Waals surface area contributed by atoms with Crippen LogP contribution in [0.15, 0.2) is 68.9 Å². The molecule has 2 saturated carbocycles. The molecule has 0 aliphatic heterocycles. The fourth-order valence-electron chi connectivity index (χ4n) is 5.32. The molecule has 0 unspecified atom stereocenters. The van der Waals surface area contributed by atoms with Crippen LogP contribution >= 0.6 is 11.5 Å². The molecule has 2 fully saturated rings. The van der Waals surface area contributed by atoms with Crippen LogP contribution in [-0.2, 0) is 16.6 Å². The fraction of sp³-hybridized carbons (Fsp3) is 0.481. The van der Waals surface area contributed by atoms with Crippen molar-refractivity contribution in [1.29, 1.82) is 0 Å².